The molecule has 3 rings (SSSR count). The zero-order chi connectivity index (χ0) is 21.7. The number of hydrogen-bond acceptors (Lipinski definition) is 9. The number of carbonyl (C=O) groups is 2. The van der Waals surface area contributed by atoms with Gasteiger partial charge in [0.2, 0.25) is 5.13 Å². The molecule has 0 radical (unpaired) electrons. The Morgan fingerprint density at radius 2 is 1.80 bits per heavy atom. The molecule has 154 valence electrons. The second kappa shape index (κ2) is 9.09. The number of carbonyl (C=O) groups excluding carboxylic acids is 2. The van der Waals surface area contributed by atoms with E-state index in [4.69, 9.17) is 4.74 Å². The number of non-ortho nitro benzene ring substituents is 1. The Kier molecular flexibility index (Phi) is 6.32. The van der Waals surface area contributed by atoms with E-state index in [2.05, 4.69) is 20.3 Å². The summed E-state index contributed by atoms with van der Waals surface area (Å²) in [5, 5.41) is 22.5. The number of ether oxygens (including phenoxy) is 2. The van der Waals surface area contributed by atoms with Crippen LogP contribution in [0.15, 0.2) is 42.5 Å². The maximum atomic E-state index is 12.5. The summed E-state index contributed by atoms with van der Waals surface area (Å²) in [7, 11) is 2.73. The molecule has 0 unspecified atom stereocenters. The summed E-state index contributed by atoms with van der Waals surface area (Å²) in [5.74, 6) is -0.700. The summed E-state index contributed by atoms with van der Waals surface area (Å²) < 4.78 is 9.70. The Bertz CT molecular complexity index is 1100. The van der Waals surface area contributed by atoms with E-state index in [1.165, 1.54) is 17.4 Å². The minimum Gasteiger partial charge on any atom is -0.497 e. The van der Waals surface area contributed by atoms with Gasteiger partial charge in [-0.05, 0) is 23.8 Å². The van der Waals surface area contributed by atoms with Crippen LogP contribution in [-0.4, -0.2) is 41.2 Å². The van der Waals surface area contributed by atoms with Crippen LogP contribution in [0.4, 0.5) is 10.8 Å². The molecular weight excluding hydrogens is 412 g/mol. The van der Waals surface area contributed by atoms with Gasteiger partial charge < -0.3 is 9.47 Å². The Labute approximate surface area is 174 Å². The van der Waals surface area contributed by atoms with Gasteiger partial charge in [0.15, 0.2) is 0 Å². The fraction of sp³-hybridized carbons (Fsp3) is 0.158. The maximum absolute atomic E-state index is 12.5. The Balaban J connectivity index is 1.75. The number of hydrogen-bond donors (Lipinski definition) is 1. The Morgan fingerprint density at radius 3 is 2.43 bits per heavy atom. The number of nitro groups is 1. The second-order valence-corrected chi connectivity index (χ2v) is 7.06. The molecule has 0 aliphatic carbocycles. The van der Waals surface area contributed by atoms with Crippen LogP contribution in [0.25, 0.3) is 0 Å². The smallest absolute Gasteiger partial charge is 0.338 e. The molecule has 11 heteroatoms. The highest BCUT2D eigenvalue weighted by atomic mass is 32.1. The van der Waals surface area contributed by atoms with Gasteiger partial charge in [0.05, 0.1) is 24.7 Å². The predicted octanol–water partition coefficient (Wildman–Crippen LogP) is 3.08. The van der Waals surface area contributed by atoms with Crippen LogP contribution in [0.5, 0.6) is 5.75 Å². The van der Waals surface area contributed by atoms with Crippen molar-refractivity contribution in [3.05, 3.63) is 74.3 Å². The number of amides is 1. The predicted molar refractivity (Wildman–Crippen MR) is 108 cm³/mol. The molecule has 0 aliphatic rings. The lowest BCUT2D eigenvalue weighted by atomic mass is 10.1. The van der Waals surface area contributed by atoms with Crippen LogP contribution >= 0.6 is 11.3 Å². The summed E-state index contributed by atoms with van der Waals surface area (Å²) >= 11 is 1.18. The van der Waals surface area contributed by atoms with Crippen molar-refractivity contribution in [2.75, 3.05) is 19.5 Å². The first kappa shape index (κ1) is 20.9. The van der Waals surface area contributed by atoms with Crippen molar-refractivity contribution >= 4 is 34.0 Å². The molecule has 0 saturated heterocycles. The van der Waals surface area contributed by atoms with Crippen LogP contribution in [-0.2, 0) is 11.2 Å². The molecule has 2 aromatic carbocycles. The van der Waals surface area contributed by atoms with Crippen LogP contribution in [0.2, 0.25) is 0 Å². The molecule has 1 heterocycles. The number of nitro benzene ring substituents is 1. The normalized spacial score (nSPS) is 10.3. The van der Waals surface area contributed by atoms with Crippen molar-refractivity contribution in [2.24, 2.45) is 0 Å². The SMILES string of the molecule is COC(=O)c1cc(C(=O)Nc2nnc(Cc3ccc(OC)cc3)s2)cc([N+](=O)[O-])c1. The third-order valence-corrected chi connectivity index (χ3v) is 4.85. The maximum Gasteiger partial charge on any atom is 0.338 e. The lowest BCUT2D eigenvalue weighted by Gasteiger charge is -2.04. The van der Waals surface area contributed by atoms with Crippen molar-refractivity contribution in [1.29, 1.82) is 0 Å². The van der Waals surface area contributed by atoms with Crippen LogP contribution < -0.4 is 10.1 Å². The minimum atomic E-state index is -0.787. The van der Waals surface area contributed by atoms with E-state index in [1.54, 1.807) is 7.11 Å². The standard InChI is InChI=1S/C19H16N4O6S/c1-28-15-5-3-11(4-6-15)7-16-21-22-19(30-16)20-17(24)12-8-13(18(25)29-2)10-14(9-12)23(26)27/h3-6,8-10H,7H2,1-2H3,(H,20,22,24). The molecule has 0 spiro atoms. The van der Waals surface area contributed by atoms with Crippen molar-refractivity contribution < 1.29 is 24.0 Å². The Morgan fingerprint density at radius 1 is 1.10 bits per heavy atom. The second-order valence-electron chi connectivity index (χ2n) is 6.00. The molecule has 3 aromatic rings. The summed E-state index contributed by atoms with van der Waals surface area (Å²) in [4.78, 5) is 34.7. The molecule has 30 heavy (non-hydrogen) atoms. The number of methoxy groups -OCH3 is 2. The molecule has 0 aliphatic heterocycles. The van der Waals surface area contributed by atoms with Crippen molar-refractivity contribution in [3.63, 3.8) is 0 Å². The lowest BCUT2D eigenvalue weighted by molar-refractivity contribution is -0.384. The molecule has 1 aromatic heterocycles. The molecule has 0 fully saturated rings. The van der Waals surface area contributed by atoms with E-state index in [1.807, 2.05) is 24.3 Å². The largest absolute Gasteiger partial charge is 0.497 e. The first-order valence-corrected chi connectivity index (χ1v) is 9.35. The van der Waals surface area contributed by atoms with E-state index < -0.39 is 22.5 Å². The van der Waals surface area contributed by atoms with Gasteiger partial charge in [-0.15, -0.1) is 10.2 Å². The molecule has 0 atom stereocenters. The highest BCUT2D eigenvalue weighted by Crippen LogP contribution is 2.22. The van der Waals surface area contributed by atoms with Gasteiger partial charge in [-0.1, -0.05) is 23.5 Å². The Hall–Kier alpha value is -3.86. The van der Waals surface area contributed by atoms with Gasteiger partial charge in [0.25, 0.3) is 11.6 Å². The number of nitrogens with one attached hydrogen (secondary N) is 1. The summed E-state index contributed by atoms with van der Waals surface area (Å²) in [6.07, 6.45) is 0.515. The highest BCUT2D eigenvalue weighted by molar-refractivity contribution is 7.15. The summed E-state index contributed by atoms with van der Waals surface area (Å²) in [5.41, 5.74) is 0.414. The van der Waals surface area contributed by atoms with Crippen molar-refractivity contribution in [2.45, 2.75) is 6.42 Å². The molecule has 10 nitrogen and oxygen atoms in total. The van der Waals surface area contributed by atoms with Gasteiger partial charge >= 0.3 is 5.97 Å². The fourth-order valence-electron chi connectivity index (χ4n) is 2.55. The number of esters is 1. The summed E-state index contributed by atoms with van der Waals surface area (Å²) in [6.45, 7) is 0. The van der Waals surface area contributed by atoms with Crippen LogP contribution in [0.1, 0.15) is 31.3 Å². The van der Waals surface area contributed by atoms with E-state index in [9.17, 15) is 19.7 Å². The summed E-state index contributed by atoms with van der Waals surface area (Å²) in [6, 6.07) is 10.8. The third-order valence-electron chi connectivity index (χ3n) is 4.01. The topological polar surface area (TPSA) is 134 Å². The third kappa shape index (κ3) is 4.94. The first-order valence-electron chi connectivity index (χ1n) is 8.54. The molecule has 0 saturated carbocycles. The van der Waals surface area contributed by atoms with Gasteiger partial charge in [-0.25, -0.2) is 4.79 Å². The van der Waals surface area contributed by atoms with Crippen LogP contribution in [0, 0.1) is 10.1 Å². The molecule has 1 N–H and O–H groups in total. The van der Waals surface area contributed by atoms with Gasteiger partial charge in [0, 0.05) is 24.1 Å². The zero-order valence-electron chi connectivity index (χ0n) is 15.9. The van der Waals surface area contributed by atoms with E-state index in [0.29, 0.717) is 11.4 Å². The minimum absolute atomic E-state index is 0.0727. The van der Waals surface area contributed by atoms with E-state index in [0.717, 1.165) is 30.6 Å². The quantitative estimate of drug-likeness (QED) is 0.345. The average molecular weight is 428 g/mol. The van der Waals surface area contributed by atoms with E-state index >= 15 is 0 Å². The number of anilines is 1. The number of aromatic nitrogens is 2. The monoisotopic (exact) mass is 428 g/mol. The van der Waals surface area contributed by atoms with Crippen LogP contribution in [0.3, 0.4) is 0 Å². The van der Waals surface area contributed by atoms with Crippen molar-refractivity contribution in [1.82, 2.24) is 10.2 Å². The number of benzene rings is 2. The van der Waals surface area contributed by atoms with Gasteiger partial charge in [-0.2, -0.15) is 0 Å². The number of nitrogens with zero attached hydrogens (tertiary/aromatic N) is 3. The van der Waals surface area contributed by atoms with Gasteiger partial charge in [-0.3, -0.25) is 20.2 Å². The lowest BCUT2D eigenvalue weighted by Crippen LogP contribution is -2.14. The van der Waals surface area contributed by atoms with Crippen molar-refractivity contribution in [3.8, 4) is 5.75 Å². The van der Waals surface area contributed by atoms with Gasteiger partial charge in [0.1, 0.15) is 10.8 Å². The molecule has 1 amide bonds. The molecule has 0 bridgehead atoms. The fourth-order valence-corrected chi connectivity index (χ4v) is 3.32. The average Bonchev–Trinajstić information content (AvgIpc) is 3.19. The highest BCUT2D eigenvalue weighted by Gasteiger charge is 2.19. The molecular formula is C19H16N4O6S. The first-order chi connectivity index (χ1) is 14.4. The number of rotatable bonds is 7. The zero-order valence-corrected chi connectivity index (χ0v) is 16.8. The van der Waals surface area contributed by atoms with E-state index in [-0.39, 0.29) is 16.3 Å².